The summed E-state index contributed by atoms with van der Waals surface area (Å²) in [5.41, 5.74) is 6.24. The van der Waals surface area contributed by atoms with Crippen molar-refractivity contribution < 1.29 is 9.53 Å². The summed E-state index contributed by atoms with van der Waals surface area (Å²) in [5.74, 6) is 0.378. The Morgan fingerprint density at radius 1 is 1.38 bits per heavy atom. The quantitative estimate of drug-likeness (QED) is 0.816. The molecule has 4 heteroatoms. The van der Waals surface area contributed by atoms with Gasteiger partial charge >= 0.3 is 5.97 Å². The van der Waals surface area contributed by atoms with E-state index in [-0.39, 0.29) is 5.97 Å². The van der Waals surface area contributed by atoms with E-state index >= 15 is 0 Å². The molecule has 0 bridgehead atoms. The Kier molecular flexibility index (Phi) is 5.37. The van der Waals surface area contributed by atoms with Crippen molar-refractivity contribution in [1.82, 2.24) is 4.90 Å². The van der Waals surface area contributed by atoms with Gasteiger partial charge in [-0.2, -0.15) is 0 Å². The van der Waals surface area contributed by atoms with Gasteiger partial charge in [0.2, 0.25) is 0 Å². The van der Waals surface area contributed by atoms with E-state index in [1.165, 1.54) is 12.8 Å². The maximum Gasteiger partial charge on any atom is 0.332 e. The van der Waals surface area contributed by atoms with Gasteiger partial charge in [-0.3, -0.25) is 0 Å². The van der Waals surface area contributed by atoms with Crippen molar-refractivity contribution in [3.05, 3.63) is 35.9 Å². The first-order chi connectivity index (χ1) is 10.1. The van der Waals surface area contributed by atoms with E-state index < -0.39 is 5.54 Å². The summed E-state index contributed by atoms with van der Waals surface area (Å²) in [4.78, 5) is 14.7. The van der Waals surface area contributed by atoms with Gasteiger partial charge in [-0.15, -0.1) is 0 Å². The molecule has 1 aliphatic heterocycles. The number of benzene rings is 1. The molecule has 1 fully saturated rings. The van der Waals surface area contributed by atoms with E-state index in [0.29, 0.717) is 19.1 Å². The number of nitrogens with two attached hydrogens (primary N) is 1. The van der Waals surface area contributed by atoms with Crippen LogP contribution in [0.4, 0.5) is 0 Å². The molecular formula is C17H26N2O2. The molecule has 1 aromatic rings. The molecule has 2 atom stereocenters. The summed E-state index contributed by atoms with van der Waals surface area (Å²) in [6, 6.07) is 9.57. The molecule has 4 nitrogen and oxygen atoms in total. The first-order valence-corrected chi connectivity index (χ1v) is 7.84. The largest absolute Gasteiger partial charge is 0.464 e. The molecule has 1 aliphatic rings. The van der Waals surface area contributed by atoms with Crippen molar-refractivity contribution in [1.29, 1.82) is 0 Å². The number of carbonyl (C=O) groups excluding carboxylic acids is 1. The van der Waals surface area contributed by atoms with Crippen molar-refractivity contribution in [3.8, 4) is 0 Å². The van der Waals surface area contributed by atoms with Crippen LogP contribution in [0.15, 0.2) is 30.3 Å². The Bertz CT molecular complexity index is 463. The van der Waals surface area contributed by atoms with E-state index in [1.54, 1.807) is 0 Å². The lowest BCUT2D eigenvalue weighted by molar-refractivity contribution is -0.150. The normalized spacial score (nSPS) is 22.0. The van der Waals surface area contributed by atoms with Crippen LogP contribution in [-0.2, 0) is 15.1 Å². The minimum absolute atomic E-state index is 0.337. The van der Waals surface area contributed by atoms with Crippen LogP contribution in [0.25, 0.3) is 0 Å². The van der Waals surface area contributed by atoms with E-state index in [0.717, 1.165) is 18.7 Å². The maximum absolute atomic E-state index is 12.4. The summed E-state index contributed by atoms with van der Waals surface area (Å²) in [6.07, 6.45) is 2.36. The van der Waals surface area contributed by atoms with E-state index in [9.17, 15) is 4.79 Å². The number of likely N-dealkylation sites (tertiary alicyclic amines) is 1. The molecule has 21 heavy (non-hydrogen) atoms. The summed E-state index contributed by atoms with van der Waals surface area (Å²) < 4.78 is 5.23. The highest BCUT2D eigenvalue weighted by Crippen LogP contribution is 2.26. The molecule has 116 valence electrons. The van der Waals surface area contributed by atoms with Gasteiger partial charge in [0.05, 0.1) is 6.61 Å². The van der Waals surface area contributed by atoms with Crippen molar-refractivity contribution >= 4 is 5.97 Å². The number of nitrogens with zero attached hydrogens (tertiary/aromatic N) is 1. The fourth-order valence-electron chi connectivity index (χ4n) is 3.01. The zero-order valence-electron chi connectivity index (χ0n) is 13.0. The fourth-order valence-corrected chi connectivity index (χ4v) is 3.01. The summed E-state index contributed by atoms with van der Waals surface area (Å²) in [5, 5.41) is 0. The fraction of sp³-hybridized carbons (Fsp3) is 0.588. The molecule has 2 rings (SSSR count). The number of esters is 1. The number of ether oxygens (including phenoxy) is 1. The van der Waals surface area contributed by atoms with Crippen LogP contribution in [0.3, 0.4) is 0 Å². The molecule has 2 N–H and O–H groups in total. The summed E-state index contributed by atoms with van der Waals surface area (Å²) >= 11 is 0. The molecule has 1 aromatic carbocycles. The van der Waals surface area contributed by atoms with Gasteiger partial charge in [-0.05, 0) is 31.4 Å². The lowest BCUT2D eigenvalue weighted by Gasteiger charge is -2.32. The lowest BCUT2D eigenvalue weighted by atomic mass is 9.90. The average molecular weight is 290 g/mol. The van der Waals surface area contributed by atoms with Crippen LogP contribution in [0, 0.1) is 5.92 Å². The highest BCUT2D eigenvalue weighted by atomic mass is 16.5. The number of hydrogen-bond acceptors (Lipinski definition) is 4. The zero-order chi connectivity index (χ0) is 15.3. The van der Waals surface area contributed by atoms with Gasteiger partial charge in [-0.1, -0.05) is 43.7 Å². The Morgan fingerprint density at radius 2 is 2.10 bits per heavy atom. The van der Waals surface area contributed by atoms with Crippen molar-refractivity contribution in [2.24, 2.45) is 11.7 Å². The molecule has 0 radical (unpaired) electrons. The molecule has 0 aromatic heterocycles. The smallest absolute Gasteiger partial charge is 0.332 e. The van der Waals surface area contributed by atoms with Crippen LogP contribution in [0.2, 0.25) is 0 Å². The number of hydrogen-bond donors (Lipinski definition) is 1. The van der Waals surface area contributed by atoms with E-state index in [1.807, 2.05) is 37.3 Å². The molecule has 0 aliphatic carbocycles. The minimum Gasteiger partial charge on any atom is -0.464 e. The lowest BCUT2D eigenvalue weighted by Crippen LogP contribution is -2.53. The maximum atomic E-state index is 12.4. The second-order valence-electron chi connectivity index (χ2n) is 5.86. The molecule has 0 amide bonds. The minimum atomic E-state index is -1.08. The van der Waals surface area contributed by atoms with Gasteiger partial charge in [0, 0.05) is 13.1 Å². The predicted molar refractivity (Wildman–Crippen MR) is 83.8 cm³/mol. The first-order valence-electron chi connectivity index (χ1n) is 7.84. The highest BCUT2D eigenvalue weighted by Gasteiger charge is 2.40. The summed E-state index contributed by atoms with van der Waals surface area (Å²) in [7, 11) is 0. The molecule has 0 saturated carbocycles. The Labute approximate surface area is 127 Å². The Hall–Kier alpha value is -1.39. The predicted octanol–water partition coefficient (Wildman–Crippen LogP) is 2.14. The van der Waals surface area contributed by atoms with Crippen LogP contribution in [0.1, 0.15) is 32.3 Å². The number of carbonyl (C=O) groups is 1. The highest BCUT2D eigenvalue weighted by molar-refractivity contribution is 5.82. The SMILES string of the molecule is CCOC(=O)C(N)(CN1CCC(CC)C1)c1ccccc1. The zero-order valence-corrected chi connectivity index (χ0v) is 13.0. The molecule has 1 saturated heterocycles. The monoisotopic (exact) mass is 290 g/mol. The van der Waals surface area contributed by atoms with Crippen LogP contribution >= 0.6 is 0 Å². The molecule has 0 spiro atoms. The molecular weight excluding hydrogens is 264 g/mol. The van der Waals surface area contributed by atoms with Crippen LogP contribution < -0.4 is 5.73 Å². The third-order valence-corrected chi connectivity index (χ3v) is 4.35. The van der Waals surface area contributed by atoms with E-state index in [4.69, 9.17) is 10.5 Å². The second kappa shape index (κ2) is 7.05. The standard InChI is InChI=1S/C17H26N2O2/c1-3-14-10-11-19(12-14)13-17(18,16(20)21-4-2)15-8-6-5-7-9-15/h5-9,14H,3-4,10-13,18H2,1-2H3. The van der Waals surface area contributed by atoms with Gasteiger partial charge < -0.3 is 15.4 Å². The molecule has 1 heterocycles. The van der Waals surface area contributed by atoms with Gasteiger partial charge in [-0.25, -0.2) is 4.79 Å². The van der Waals surface area contributed by atoms with E-state index in [2.05, 4.69) is 11.8 Å². The Morgan fingerprint density at radius 3 is 2.67 bits per heavy atom. The van der Waals surface area contributed by atoms with Gasteiger partial charge in [0.25, 0.3) is 0 Å². The van der Waals surface area contributed by atoms with Crippen molar-refractivity contribution in [2.75, 3.05) is 26.2 Å². The van der Waals surface area contributed by atoms with Crippen molar-refractivity contribution in [3.63, 3.8) is 0 Å². The van der Waals surface area contributed by atoms with Crippen LogP contribution in [0.5, 0.6) is 0 Å². The van der Waals surface area contributed by atoms with Gasteiger partial charge in [0.15, 0.2) is 5.54 Å². The van der Waals surface area contributed by atoms with Crippen LogP contribution in [-0.4, -0.2) is 37.1 Å². The van der Waals surface area contributed by atoms with Gasteiger partial charge in [0.1, 0.15) is 0 Å². The average Bonchev–Trinajstić information content (AvgIpc) is 2.95. The Balaban J connectivity index is 2.18. The first kappa shape index (κ1) is 16.0. The van der Waals surface area contributed by atoms with Crippen molar-refractivity contribution in [2.45, 2.75) is 32.2 Å². The summed E-state index contributed by atoms with van der Waals surface area (Å²) in [6.45, 7) is 6.92. The topological polar surface area (TPSA) is 55.6 Å². The second-order valence-corrected chi connectivity index (χ2v) is 5.86. The third kappa shape index (κ3) is 3.63. The third-order valence-electron chi connectivity index (χ3n) is 4.35. The molecule has 2 unspecified atom stereocenters. The number of rotatable bonds is 6.